The second kappa shape index (κ2) is 10.5. The van der Waals surface area contributed by atoms with Crippen molar-refractivity contribution in [3.05, 3.63) is 164 Å². The van der Waals surface area contributed by atoms with Crippen LogP contribution in [0, 0.1) is 0 Å². The van der Waals surface area contributed by atoms with Gasteiger partial charge in [0.05, 0.1) is 16.4 Å². The lowest BCUT2D eigenvalue weighted by atomic mass is 10.1. The maximum atomic E-state index is 6.44. The molecule has 0 saturated heterocycles. The summed E-state index contributed by atoms with van der Waals surface area (Å²) < 4.78 is 15.2. The van der Waals surface area contributed by atoms with Gasteiger partial charge in [0.1, 0.15) is 16.7 Å². The van der Waals surface area contributed by atoms with Crippen molar-refractivity contribution < 1.29 is 8.83 Å². The highest BCUT2D eigenvalue weighted by Gasteiger charge is 2.21. The van der Waals surface area contributed by atoms with Crippen molar-refractivity contribution >= 4 is 71.9 Å². The van der Waals surface area contributed by atoms with Gasteiger partial charge in [-0.05, 0) is 91.0 Å². The van der Waals surface area contributed by atoms with Crippen LogP contribution in [0.3, 0.4) is 0 Å². The van der Waals surface area contributed by atoms with E-state index in [-0.39, 0.29) is 0 Å². The van der Waals surface area contributed by atoms with Crippen molar-refractivity contribution in [3.8, 4) is 17.1 Å². The molecule has 0 saturated carbocycles. The highest BCUT2D eigenvalue weighted by molar-refractivity contribution is 6.17. The van der Waals surface area contributed by atoms with Gasteiger partial charge in [0, 0.05) is 44.5 Å². The fourth-order valence-corrected chi connectivity index (χ4v) is 7.06. The van der Waals surface area contributed by atoms with Gasteiger partial charge in [-0.1, -0.05) is 72.8 Å². The number of benzene rings is 7. The molecule has 7 aromatic carbocycles. The van der Waals surface area contributed by atoms with Gasteiger partial charge >= 0.3 is 0 Å². The quantitative estimate of drug-likeness (QED) is 0.193. The van der Waals surface area contributed by atoms with E-state index in [2.05, 4.69) is 131 Å². The molecule has 0 spiro atoms. The number of hydrogen-bond donors (Lipinski definition) is 0. The summed E-state index contributed by atoms with van der Waals surface area (Å²) in [6.07, 6.45) is 0. The number of aromatic nitrogens is 2. The molecule has 3 heterocycles. The van der Waals surface area contributed by atoms with Crippen molar-refractivity contribution in [3.63, 3.8) is 0 Å². The van der Waals surface area contributed by atoms with Crippen LogP contribution in [0.15, 0.2) is 173 Å². The molecule has 0 aliphatic carbocycles. The molecule has 0 unspecified atom stereocenters. The number of nitrogens with zero attached hydrogens (tertiary/aromatic N) is 3. The summed E-state index contributed by atoms with van der Waals surface area (Å²) in [5.74, 6) is 0.595. The summed E-state index contributed by atoms with van der Waals surface area (Å²) in [6, 6.07) is 56.8. The van der Waals surface area contributed by atoms with E-state index in [4.69, 9.17) is 13.8 Å². The number of para-hydroxylation sites is 3. The first-order valence-corrected chi connectivity index (χ1v) is 16.1. The molecular formula is C43H27N3O2. The zero-order valence-electron chi connectivity index (χ0n) is 25.7. The van der Waals surface area contributed by atoms with Crippen LogP contribution < -0.4 is 4.90 Å². The molecule has 5 nitrogen and oxygen atoms in total. The number of oxazole rings is 1. The maximum absolute atomic E-state index is 6.44. The molecule has 48 heavy (non-hydrogen) atoms. The molecular weight excluding hydrogens is 590 g/mol. The summed E-state index contributed by atoms with van der Waals surface area (Å²) >= 11 is 0. The monoisotopic (exact) mass is 617 g/mol. The topological polar surface area (TPSA) is 47.3 Å². The maximum Gasteiger partial charge on any atom is 0.227 e. The Bertz CT molecular complexity index is 2780. The molecule has 0 N–H and O–H groups in total. The van der Waals surface area contributed by atoms with Gasteiger partial charge in [0.15, 0.2) is 5.58 Å². The highest BCUT2D eigenvalue weighted by atomic mass is 16.4. The molecule has 0 amide bonds. The summed E-state index contributed by atoms with van der Waals surface area (Å²) in [5, 5.41) is 4.31. The van der Waals surface area contributed by atoms with Crippen molar-refractivity contribution in [1.82, 2.24) is 9.55 Å². The van der Waals surface area contributed by atoms with E-state index in [1.165, 1.54) is 16.3 Å². The Kier molecular flexibility index (Phi) is 5.81. The molecule has 0 fully saturated rings. The number of furan rings is 1. The number of rotatable bonds is 5. The molecule has 0 atom stereocenters. The van der Waals surface area contributed by atoms with E-state index < -0.39 is 0 Å². The third kappa shape index (κ3) is 4.08. The normalized spacial score (nSPS) is 11.8. The predicted octanol–water partition coefficient (Wildman–Crippen LogP) is 12.0. The molecule has 226 valence electrons. The van der Waals surface area contributed by atoms with Gasteiger partial charge in [-0.25, -0.2) is 4.98 Å². The van der Waals surface area contributed by atoms with E-state index in [0.29, 0.717) is 5.89 Å². The lowest BCUT2D eigenvalue weighted by molar-refractivity contribution is 0.622. The average Bonchev–Trinajstić information content (AvgIpc) is 3.84. The van der Waals surface area contributed by atoms with Crippen LogP contribution in [-0.2, 0) is 0 Å². The average molecular weight is 618 g/mol. The van der Waals surface area contributed by atoms with Crippen LogP contribution in [-0.4, -0.2) is 9.55 Å². The van der Waals surface area contributed by atoms with Gasteiger partial charge in [-0.2, -0.15) is 0 Å². The van der Waals surface area contributed by atoms with E-state index >= 15 is 0 Å². The third-order valence-electron chi connectivity index (χ3n) is 9.19. The third-order valence-corrected chi connectivity index (χ3v) is 9.19. The number of hydrogen-bond acceptors (Lipinski definition) is 4. The fraction of sp³-hybridized carbons (Fsp3) is 0. The second-order valence-electron chi connectivity index (χ2n) is 12.0. The minimum Gasteiger partial charge on any atom is -0.456 e. The van der Waals surface area contributed by atoms with Gasteiger partial charge in [-0.3, -0.25) is 0 Å². The van der Waals surface area contributed by atoms with Crippen LogP contribution in [0.2, 0.25) is 0 Å². The van der Waals surface area contributed by atoms with E-state index in [9.17, 15) is 0 Å². The molecule has 0 aliphatic heterocycles. The first-order valence-electron chi connectivity index (χ1n) is 16.1. The van der Waals surface area contributed by atoms with Crippen LogP contribution in [0.4, 0.5) is 17.1 Å². The van der Waals surface area contributed by atoms with E-state index in [1.807, 2.05) is 42.5 Å². The van der Waals surface area contributed by atoms with Crippen LogP contribution in [0.5, 0.6) is 0 Å². The van der Waals surface area contributed by atoms with Gasteiger partial charge < -0.3 is 18.3 Å². The predicted molar refractivity (Wildman–Crippen MR) is 196 cm³/mol. The van der Waals surface area contributed by atoms with Crippen molar-refractivity contribution in [2.24, 2.45) is 0 Å². The van der Waals surface area contributed by atoms with Gasteiger partial charge in [0.2, 0.25) is 5.89 Å². The zero-order chi connectivity index (χ0) is 31.6. The van der Waals surface area contributed by atoms with Crippen molar-refractivity contribution in [2.45, 2.75) is 0 Å². The second-order valence-corrected chi connectivity index (χ2v) is 12.0. The summed E-state index contributed by atoms with van der Waals surface area (Å²) in [6.45, 7) is 0. The van der Waals surface area contributed by atoms with Crippen molar-refractivity contribution in [2.75, 3.05) is 4.90 Å². The van der Waals surface area contributed by atoms with Crippen LogP contribution in [0.1, 0.15) is 0 Å². The smallest absolute Gasteiger partial charge is 0.227 e. The van der Waals surface area contributed by atoms with E-state index in [1.54, 1.807) is 0 Å². The van der Waals surface area contributed by atoms with Crippen LogP contribution >= 0.6 is 0 Å². The van der Waals surface area contributed by atoms with E-state index in [0.717, 1.165) is 66.9 Å². The first-order chi connectivity index (χ1) is 23.8. The lowest BCUT2D eigenvalue weighted by Gasteiger charge is -2.25. The Hall–Kier alpha value is -6.59. The van der Waals surface area contributed by atoms with Gasteiger partial charge in [-0.15, -0.1) is 0 Å². The standard InChI is InChI=1S/C43H27N3O2/c1-4-12-28(13-5-1)43-44-36-22-25-40-41(42(36)48-43)35-27-32(21-24-39(35)47-40)45(29-14-6-2-7-15-29)31-20-23-38-34(26-31)33-18-10-11-19-37(33)46(38)30-16-8-3-9-17-30/h1-27H. The minimum absolute atomic E-state index is 0.595. The molecule has 0 radical (unpaired) electrons. The molecule has 10 aromatic rings. The Balaban J connectivity index is 1.19. The Morgan fingerprint density at radius 2 is 1.12 bits per heavy atom. The Morgan fingerprint density at radius 1 is 0.479 bits per heavy atom. The zero-order valence-corrected chi connectivity index (χ0v) is 25.7. The Labute approximate surface area is 275 Å². The molecule has 5 heteroatoms. The minimum atomic E-state index is 0.595. The van der Waals surface area contributed by atoms with Crippen molar-refractivity contribution in [1.29, 1.82) is 0 Å². The molecule has 3 aromatic heterocycles. The summed E-state index contributed by atoms with van der Waals surface area (Å²) in [5.41, 5.74) is 10.7. The number of fused-ring (bicyclic) bond motifs is 8. The molecule has 0 aliphatic rings. The number of anilines is 3. The lowest BCUT2D eigenvalue weighted by Crippen LogP contribution is -2.09. The first kappa shape index (κ1) is 26.6. The summed E-state index contributed by atoms with van der Waals surface area (Å²) in [7, 11) is 0. The fourth-order valence-electron chi connectivity index (χ4n) is 7.06. The van der Waals surface area contributed by atoms with Gasteiger partial charge in [0.25, 0.3) is 0 Å². The summed E-state index contributed by atoms with van der Waals surface area (Å²) in [4.78, 5) is 7.14. The molecule has 10 rings (SSSR count). The Morgan fingerprint density at radius 3 is 1.94 bits per heavy atom. The highest BCUT2D eigenvalue weighted by Crippen LogP contribution is 2.43. The SMILES string of the molecule is c1ccc(-c2nc3ccc4oc5ccc(N(c6ccccc6)c6ccc7c(c6)c6ccccc6n7-c6ccccc6)cc5c4c3o2)cc1. The molecule has 0 bridgehead atoms. The largest absolute Gasteiger partial charge is 0.456 e. The van der Waals surface area contributed by atoms with Crippen LogP contribution in [0.25, 0.3) is 72.0 Å².